The van der Waals surface area contributed by atoms with E-state index < -0.39 is 61.9 Å². The zero-order chi connectivity index (χ0) is 21.5. The summed E-state index contributed by atoms with van der Waals surface area (Å²) in [5.74, 6) is -3.79. The quantitative estimate of drug-likeness (QED) is 0.684. The first kappa shape index (κ1) is 21.6. The van der Waals surface area contributed by atoms with Gasteiger partial charge >= 0.3 is 24.3 Å². The highest BCUT2D eigenvalue weighted by Gasteiger charge is 2.40. The fourth-order valence-electron chi connectivity index (χ4n) is 1.86. The zero-order valence-corrected chi connectivity index (χ0v) is 14.8. The minimum Gasteiger partial charge on any atom is -0.399 e. The number of halogens is 6. The maximum atomic E-state index is 12.9. The summed E-state index contributed by atoms with van der Waals surface area (Å²) in [5, 5.41) is 5.70. The molecule has 1 amide bonds. The number of aromatic nitrogens is 3. The van der Waals surface area contributed by atoms with Gasteiger partial charge in [-0.1, -0.05) is 12.0 Å². The van der Waals surface area contributed by atoms with Crippen LogP contribution in [0.4, 0.5) is 32.4 Å². The van der Waals surface area contributed by atoms with Crippen LogP contribution in [0.2, 0.25) is 0 Å². The Morgan fingerprint density at radius 3 is 2.21 bits per heavy atom. The third-order valence-electron chi connectivity index (χ3n) is 3.35. The lowest BCUT2D eigenvalue weighted by Crippen LogP contribution is -2.30. The number of hydrogen-bond donors (Lipinski definition) is 0. The Labute approximate surface area is 153 Å². The maximum absolute atomic E-state index is 12.9. The van der Waals surface area contributed by atoms with E-state index in [-0.39, 0.29) is 12.3 Å². The smallest absolute Gasteiger partial charge is 0.399 e. The van der Waals surface area contributed by atoms with Crippen LogP contribution in [-0.2, 0) is 22.2 Å². The largest absolute Gasteiger partial charge is 0.470 e. The number of nitrogens with zero attached hydrogens (tertiary/aromatic N) is 4. The maximum Gasteiger partial charge on any atom is 0.470 e. The molecule has 0 saturated carbocycles. The summed E-state index contributed by atoms with van der Waals surface area (Å²) < 4.78 is 105. The van der Waals surface area contributed by atoms with Gasteiger partial charge in [0, 0.05) is 13.2 Å². The lowest BCUT2D eigenvalue weighted by Gasteiger charge is -2.15. The number of amides is 1. The van der Waals surface area contributed by atoms with Gasteiger partial charge in [-0.15, -0.1) is 5.10 Å². The number of rotatable bonds is 4. The number of anilines is 1. The molecule has 0 unspecified atom stereocenters. The number of alkyl halides is 6. The van der Waals surface area contributed by atoms with E-state index in [0.717, 1.165) is 14.0 Å². The molecule has 2 rings (SSSR count). The Hall–Kier alpha value is -2.71. The van der Waals surface area contributed by atoms with Crippen LogP contribution in [0.5, 0.6) is 0 Å². The zero-order valence-electron chi connectivity index (χ0n) is 14.0. The molecule has 0 aliphatic rings. The first-order valence-corrected chi connectivity index (χ1v) is 8.82. The Bertz CT molecular complexity index is 999. The van der Waals surface area contributed by atoms with Gasteiger partial charge in [0.2, 0.25) is 0 Å². The van der Waals surface area contributed by atoms with Gasteiger partial charge in [-0.3, -0.25) is 9.69 Å². The van der Waals surface area contributed by atoms with Gasteiger partial charge in [0.15, 0.2) is 9.84 Å². The normalized spacial score (nSPS) is 12.9. The summed E-state index contributed by atoms with van der Waals surface area (Å²) in [6, 6.07) is -0.735. The molecule has 154 valence electrons. The van der Waals surface area contributed by atoms with Crippen LogP contribution in [0.15, 0.2) is 21.6 Å². The topological polar surface area (TPSA) is 106 Å². The van der Waals surface area contributed by atoms with Crippen molar-refractivity contribution in [3.63, 3.8) is 0 Å². The molecule has 8 nitrogen and oxygen atoms in total. The second-order valence-corrected chi connectivity index (χ2v) is 7.47. The van der Waals surface area contributed by atoms with Gasteiger partial charge in [0.05, 0.1) is 16.2 Å². The SMILES string of the molecule is CCS(=O)(=O)c1cc(C(F)(F)F)cnc1C(=O)N(C)c1nnc(C(F)(F)F)o1. The molecule has 15 heteroatoms. The molecule has 0 bridgehead atoms. The van der Waals surface area contributed by atoms with Crippen molar-refractivity contribution in [2.45, 2.75) is 24.2 Å². The van der Waals surface area contributed by atoms with Crippen LogP contribution in [0.25, 0.3) is 0 Å². The van der Waals surface area contributed by atoms with E-state index >= 15 is 0 Å². The lowest BCUT2D eigenvalue weighted by molar-refractivity contribution is -0.157. The minimum atomic E-state index is -5.00. The van der Waals surface area contributed by atoms with Crippen molar-refractivity contribution in [1.29, 1.82) is 0 Å². The van der Waals surface area contributed by atoms with Crippen molar-refractivity contribution in [1.82, 2.24) is 15.2 Å². The van der Waals surface area contributed by atoms with Gasteiger partial charge in [-0.25, -0.2) is 13.4 Å². The second kappa shape index (κ2) is 7.03. The molecule has 0 aromatic carbocycles. The number of pyridine rings is 1. The molecule has 0 atom stereocenters. The van der Waals surface area contributed by atoms with Gasteiger partial charge in [-0.05, 0) is 6.07 Å². The molecule has 2 heterocycles. The third kappa shape index (κ3) is 4.23. The molecular weight excluding hydrogens is 422 g/mol. The molecule has 0 saturated heterocycles. The molecule has 0 radical (unpaired) electrons. The summed E-state index contributed by atoms with van der Waals surface area (Å²) in [4.78, 5) is 15.0. The average molecular weight is 432 g/mol. The van der Waals surface area contributed by atoms with Gasteiger partial charge in [-0.2, -0.15) is 26.3 Å². The highest BCUT2D eigenvalue weighted by atomic mass is 32.2. The molecule has 0 fully saturated rings. The Kier molecular flexibility index (Phi) is 5.42. The second-order valence-electron chi connectivity index (χ2n) is 5.22. The van der Waals surface area contributed by atoms with E-state index in [1.165, 1.54) is 0 Å². The third-order valence-corrected chi connectivity index (χ3v) is 5.09. The predicted octanol–water partition coefficient (Wildman–Crippen LogP) is 2.57. The number of carbonyl (C=O) groups is 1. The molecule has 0 spiro atoms. The average Bonchev–Trinajstić information content (AvgIpc) is 3.09. The summed E-state index contributed by atoms with van der Waals surface area (Å²) in [7, 11) is -3.49. The van der Waals surface area contributed by atoms with Crippen molar-refractivity contribution in [2.75, 3.05) is 17.7 Å². The summed E-state index contributed by atoms with van der Waals surface area (Å²) in [5.41, 5.74) is -2.36. The fourth-order valence-corrected chi connectivity index (χ4v) is 2.92. The number of carbonyl (C=O) groups excluding carboxylic acids is 1. The molecule has 0 N–H and O–H groups in total. The summed E-state index contributed by atoms with van der Waals surface area (Å²) in [6.07, 6.45) is -9.71. The molecule has 28 heavy (non-hydrogen) atoms. The molecule has 0 aliphatic carbocycles. The standard InChI is InChI=1S/C13H10F6N4O4S/c1-3-28(25,26)7-4-6(12(14,15)16)5-20-8(7)9(24)23(2)11-22-21-10(27-11)13(17,18)19/h4-5H,3H2,1-2H3. The predicted molar refractivity (Wildman–Crippen MR) is 79.0 cm³/mol. The van der Waals surface area contributed by atoms with Crippen LogP contribution in [-0.4, -0.2) is 42.3 Å². The number of hydrogen-bond acceptors (Lipinski definition) is 7. The lowest BCUT2D eigenvalue weighted by atomic mass is 10.2. The monoisotopic (exact) mass is 432 g/mol. The summed E-state index contributed by atoms with van der Waals surface area (Å²) in [6.45, 7) is 1.13. The van der Waals surface area contributed by atoms with E-state index in [1.807, 2.05) is 0 Å². The Balaban J connectivity index is 2.54. The van der Waals surface area contributed by atoms with Crippen molar-refractivity contribution < 1.29 is 44.0 Å². The van der Waals surface area contributed by atoms with E-state index in [4.69, 9.17) is 0 Å². The van der Waals surface area contributed by atoms with Crippen molar-refractivity contribution in [3.8, 4) is 0 Å². The van der Waals surface area contributed by atoms with Crippen molar-refractivity contribution in [2.24, 2.45) is 0 Å². The first-order chi connectivity index (χ1) is 12.7. The first-order valence-electron chi connectivity index (χ1n) is 7.17. The Morgan fingerprint density at radius 1 is 1.14 bits per heavy atom. The highest BCUT2D eigenvalue weighted by Crippen LogP contribution is 2.32. The van der Waals surface area contributed by atoms with Crippen LogP contribution >= 0.6 is 0 Å². The van der Waals surface area contributed by atoms with E-state index in [9.17, 15) is 39.6 Å². The number of sulfone groups is 1. The molecular formula is C13H10F6N4O4S. The molecule has 2 aromatic heterocycles. The summed E-state index contributed by atoms with van der Waals surface area (Å²) >= 11 is 0. The minimum absolute atomic E-state index is 0.224. The van der Waals surface area contributed by atoms with Crippen LogP contribution < -0.4 is 4.90 Å². The van der Waals surface area contributed by atoms with E-state index in [2.05, 4.69) is 19.6 Å². The van der Waals surface area contributed by atoms with Crippen LogP contribution in [0, 0.1) is 0 Å². The highest BCUT2D eigenvalue weighted by molar-refractivity contribution is 7.91. The van der Waals surface area contributed by atoms with Gasteiger partial charge < -0.3 is 4.42 Å². The molecule has 2 aromatic rings. The van der Waals surface area contributed by atoms with Crippen LogP contribution in [0.1, 0.15) is 28.9 Å². The molecule has 0 aliphatic heterocycles. The fraction of sp³-hybridized carbons (Fsp3) is 0.385. The van der Waals surface area contributed by atoms with Crippen molar-refractivity contribution in [3.05, 3.63) is 29.4 Å². The van der Waals surface area contributed by atoms with E-state index in [0.29, 0.717) is 4.90 Å². The van der Waals surface area contributed by atoms with Crippen molar-refractivity contribution >= 4 is 21.8 Å². The van der Waals surface area contributed by atoms with E-state index in [1.54, 1.807) is 0 Å². The Morgan fingerprint density at radius 2 is 1.75 bits per heavy atom. The van der Waals surface area contributed by atoms with Crippen LogP contribution in [0.3, 0.4) is 0 Å². The van der Waals surface area contributed by atoms with Gasteiger partial charge in [0.25, 0.3) is 5.91 Å². The van der Waals surface area contributed by atoms with Gasteiger partial charge in [0.1, 0.15) is 5.69 Å².